The fourth-order valence-corrected chi connectivity index (χ4v) is 5.38. The van der Waals surface area contributed by atoms with Gasteiger partial charge in [0.1, 0.15) is 0 Å². The number of hydrogen-bond donors (Lipinski definition) is 2. The molecule has 0 fully saturated rings. The number of rotatable bonds is 18. The second-order valence-corrected chi connectivity index (χ2v) is 12.3. The number of amides is 2. The van der Waals surface area contributed by atoms with E-state index in [4.69, 9.17) is 14.5 Å². The van der Waals surface area contributed by atoms with Gasteiger partial charge in [-0.15, -0.1) is 0 Å². The Hall–Kier alpha value is -3.21. The van der Waals surface area contributed by atoms with Crippen LogP contribution in [0.15, 0.2) is 53.7 Å². The lowest BCUT2D eigenvalue weighted by Gasteiger charge is -2.24. The molecule has 2 aromatic carbocycles. The van der Waals surface area contributed by atoms with Crippen LogP contribution in [0.1, 0.15) is 33.1 Å². The second kappa shape index (κ2) is 17.8. The molecule has 1 heterocycles. The van der Waals surface area contributed by atoms with Crippen molar-refractivity contribution in [1.29, 1.82) is 0 Å². The topological polar surface area (TPSA) is 86.0 Å². The van der Waals surface area contributed by atoms with Crippen molar-refractivity contribution in [2.45, 2.75) is 44.3 Å². The number of thioether (sulfide) groups is 1. The number of imidazole rings is 1. The molecule has 0 saturated carbocycles. The molecule has 43 heavy (non-hydrogen) atoms. The van der Waals surface area contributed by atoms with Gasteiger partial charge < -0.3 is 34.5 Å². The summed E-state index contributed by atoms with van der Waals surface area (Å²) in [6, 6.07) is 17.2. The molecule has 2 N–H and O–H groups in total. The van der Waals surface area contributed by atoms with Gasteiger partial charge >= 0.3 is 6.03 Å². The third-order valence-corrected chi connectivity index (χ3v) is 7.92. The zero-order valence-electron chi connectivity index (χ0n) is 27.0. The van der Waals surface area contributed by atoms with Crippen LogP contribution in [0.25, 0.3) is 22.5 Å². The Morgan fingerprint density at radius 1 is 0.860 bits per heavy atom. The highest BCUT2D eigenvalue weighted by molar-refractivity contribution is 7.99. The number of carbonyl (C=O) groups excluding carboxylic acids is 1. The van der Waals surface area contributed by atoms with Gasteiger partial charge in [-0.3, -0.25) is 0 Å². The van der Waals surface area contributed by atoms with Gasteiger partial charge in [0.2, 0.25) is 0 Å². The van der Waals surface area contributed by atoms with Gasteiger partial charge in [-0.2, -0.15) is 0 Å². The van der Waals surface area contributed by atoms with E-state index in [2.05, 4.69) is 82.7 Å². The number of aromatic nitrogens is 2. The molecule has 9 nitrogen and oxygen atoms in total. The molecular weight excluding hydrogens is 560 g/mol. The van der Waals surface area contributed by atoms with Crippen LogP contribution in [0, 0.1) is 0 Å². The molecule has 10 heteroatoms. The van der Waals surface area contributed by atoms with Crippen LogP contribution in [0.5, 0.6) is 0 Å². The van der Waals surface area contributed by atoms with E-state index in [0.717, 1.165) is 64.1 Å². The average Bonchev–Trinajstić information content (AvgIpc) is 3.41. The van der Waals surface area contributed by atoms with Crippen LogP contribution < -0.4 is 15.1 Å². The molecule has 3 rings (SSSR count). The summed E-state index contributed by atoms with van der Waals surface area (Å²) in [4.78, 5) is 27.4. The van der Waals surface area contributed by atoms with Crippen molar-refractivity contribution in [3.63, 3.8) is 0 Å². The molecule has 0 atom stereocenters. The first-order valence-electron chi connectivity index (χ1n) is 15.1. The Morgan fingerprint density at radius 2 is 1.49 bits per heavy atom. The van der Waals surface area contributed by atoms with Crippen molar-refractivity contribution in [3.8, 4) is 22.5 Å². The first-order chi connectivity index (χ1) is 20.7. The lowest BCUT2D eigenvalue weighted by molar-refractivity contribution is 0.0609. The highest BCUT2D eigenvalue weighted by Gasteiger charge is 2.16. The number of hydrogen-bond acceptors (Lipinski definition) is 7. The minimum Gasteiger partial charge on any atom is -0.382 e. The molecule has 1 aromatic heterocycles. The largest absolute Gasteiger partial charge is 0.382 e. The first-order valence-corrected chi connectivity index (χ1v) is 16.1. The van der Waals surface area contributed by atoms with E-state index in [-0.39, 0.29) is 12.1 Å². The summed E-state index contributed by atoms with van der Waals surface area (Å²) in [7, 11) is 9.85. The SMILES string of the molecule is COCCOCCN(CCCCCSc1nc(-c2ccc(N(C)C)cc2)c(-c2ccc(N(C)C)cc2)[nH]1)C(=O)NC(C)C. The van der Waals surface area contributed by atoms with Crippen molar-refractivity contribution in [2.75, 3.05) is 83.8 Å². The molecule has 3 aromatic rings. The standard InChI is InChI=1S/C33H50N6O3S/c1-25(2)34-33(40)39(20-21-42-23-22-41-7)19-9-8-10-24-43-32-35-30(26-11-15-28(16-12-26)37(3)4)31(36-32)27-13-17-29(18-14-27)38(5)6/h11-18,25H,8-10,19-24H2,1-7H3,(H,34,40)(H,35,36). The van der Waals surface area contributed by atoms with E-state index in [0.29, 0.717) is 32.9 Å². The number of urea groups is 1. The van der Waals surface area contributed by atoms with E-state index >= 15 is 0 Å². The highest BCUT2D eigenvalue weighted by Crippen LogP contribution is 2.34. The zero-order chi connectivity index (χ0) is 31.2. The maximum absolute atomic E-state index is 12.7. The molecule has 0 aliphatic carbocycles. The lowest BCUT2D eigenvalue weighted by atomic mass is 10.0. The van der Waals surface area contributed by atoms with Gasteiger partial charge in [-0.1, -0.05) is 42.4 Å². The van der Waals surface area contributed by atoms with Gasteiger partial charge in [0.05, 0.1) is 31.2 Å². The molecule has 0 aliphatic heterocycles. The van der Waals surface area contributed by atoms with Gasteiger partial charge in [0, 0.05) is 82.7 Å². The predicted molar refractivity (Wildman–Crippen MR) is 181 cm³/mol. The molecule has 0 spiro atoms. The maximum Gasteiger partial charge on any atom is 0.317 e. The van der Waals surface area contributed by atoms with Gasteiger partial charge in [-0.25, -0.2) is 9.78 Å². The minimum atomic E-state index is -0.0346. The Bertz CT molecular complexity index is 1160. The minimum absolute atomic E-state index is 0.0346. The van der Waals surface area contributed by atoms with Crippen molar-refractivity contribution >= 4 is 29.2 Å². The van der Waals surface area contributed by atoms with Crippen LogP contribution in [-0.4, -0.2) is 101 Å². The van der Waals surface area contributed by atoms with Gasteiger partial charge in [0.15, 0.2) is 5.16 Å². The number of nitrogens with zero attached hydrogens (tertiary/aromatic N) is 4. The number of aromatic amines is 1. The summed E-state index contributed by atoms with van der Waals surface area (Å²) in [5, 5.41) is 3.93. The maximum atomic E-state index is 12.7. The van der Waals surface area contributed by atoms with E-state index in [1.54, 1.807) is 18.9 Å². The van der Waals surface area contributed by atoms with Crippen molar-refractivity contribution in [3.05, 3.63) is 48.5 Å². The lowest BCUT2D eigenvalue weighted by Crippen LogP contribution is -2.44. The van der Waals surface area contributed by atoms with Crippen LogP contribution in [-0.2, 0) is 9.47 Å². The molecular formula is C33H50N6O3S. The summed E-state index contributed by atoms with van der Waals surface area (Å²) in [6.07, 6.45) is 3.01. The summed E-state index contributed by atoms with van der Waals surface area (Å²) < 4.78 is 10.6. The summed E-state index contributed by atoms with van der Waals surface area (Å²) in [5.74, 6) is 0.948. The number of nitrogens with one attached hydrogen (secondary N) is 2. The third kappa shape index (κ3) is 11.1. The monoisotopic (exact) mass is 610 g/mol. The van der Waals surface area contributed by atoms with E-state index in [9.17, 15) is 4.79 Å². The number of unbranched alkanes of at least 4 members (excludes halogenated alkanes) is 2. The molecule has 0 aliphatic rings. The molecule has 2 amide bonds. The molecule has 0 radical (unpaired) electrons. The molecule has 0 bridgehead atoms. The number of ether oxygens (including phenoxy) is 2. The fraction of sp³-hybridized carbons (Fsp3) is 0.515. The van der Waals surface area contributed by atoms with Crippen molar-refractivity contribution in [1.82, 2.24) is 20.2 Å². The summed E-state index contributed by atoms with van der Waals surface area (Å²) >= 11 is 1.75. The predicted octanol–water partition coefficient (Wildman–Crippen LogP) is 6.22. The number of benzene rings is 2. The average molecular weight is 611 g/mol. The Balaban J connectivity index is 1.60. The van der Waals surface area contributed by atoms with Crippen LogP contribution in [0.4, 0.5) is 16.2 Å². The van der Waals surface area contributed by atoms with E-state index < -0.39 is 0 Å². The molecule has 0 unspecified atom stereocenters. The number of carbonyl (C=O) groups is 1. The van der Waals surface area contributed by atoms with Gasteiger partial charge in [-0.05, 0) is 51.0 Å². The Kier molecular flexibility index (Phi) is 14.2. The second-order valence-electron chi connectivity index (χ2n) is 11.3. The van der Waals surface area contributed by atoms with Gasteiger partial charge in [0.25, 0.3) is 0 Å². The molecule has 236 valence electrons. The quantitative estimate of drug-likeness (QED) is 0.131. The van der Waals surface area contributed by atoms with E-state index in [1.807, 2.05) is 32.8 Å². The highest BCUT2D eigenvalue weighted by atomic mass is 32.2. The number of methoxy groups -OCH3 is 1. The zero-order valence-corrected chi connectivity index (χ0v) is 27.8. The van der Waals surface area contributed by atoms with Crippen LogP contribution in [0.3, 0.4) is 0 Å². The normalized spacial score (nSPS) is 11.2. The van der Waals surface area contributed by atoms with Crippen LogP contribution >= 0.6 is 11.8 Å². The number of anilines is 2. The Morgan fingerprint density at radius 3 is 2.07 bits per heavy atom. The number of H-pyrrole nitrogens is 1. The molecule has 0 saturated heterocycles. The summed E-state index contributed by atoms with van der Waals surface area (Å²) in [6.45, 7) is 6.82. The fourth-order valence-electron chi connectivity index (χ4n) is 4.50. The van der Waals surface area contributed by atoms with E-state index in [1.165, 1.54) is 0 Å². The first kappa shape index (κ1) is 34.3. The van der Waals surface area contributed by atoms with Crippen LogP contribution in [0.2, 0.25) is 0 Å². The van der Waals surface area contributed by atoms with Crippen molar-refractivity contribution < 1.29 is 14.3 Å². The van der Waals surface area contributed by atoms with Crippen molar-refractivity contribution in [2.24, 2.45) is 0 Å². The summed E-state index contributed by atoms with van der Waals surface area (Å²) in [5.41, 5.74) is 6.52. The third-order valence-electron chi connectivity index (χ3n) is 6.96. The Labute approximate surface area is 262 Å². The smallest absolute Gasteiger partial charge is 0.317 e.